The van der Waals surface area contributed by atoms with Crippen LogP contribution in [0.4, 0.5) is 5.69 Å². The number of nitrogens with one attached hydrogen (secondary N) is 1. The van der Waals surface area contributed by atoms with Gasteiger partial charge in [-0.2, -0.15) is 5.10 Å². The van der Waals surface area contributed by atoms with E-state index in [0.717, 1.165) is 11.1 Å². The van der Waals surface area contributed by atoms with Gasteiger partial charge in [-0.1, -0.05) is 54.1 Å². The Hall–Kier alpha value is -3.70. The molecule has 1 aromatic heterocycles. The predicted octanol–water partition coefficient (Wildman–Crippen LogP) is 5.71. The molecule has 0 aliphatic carbocycles. The summed E-state index contributed by atoms with van der Waals surface area (Å²) in [4.78, 5) is 24.6. The Morgan fingerprint density at radius 2 is 1.61 bits per heavy atom. The zero-order chi connectivity index (χ0) is 21.8. The molecular formula is C25H20ClN3O2. The van der Waals surface area contributed by atoms with Gasteiger partial charge in [0, 0.05) is 28.0 Å². The summed E-state index contributed by atoms with van der Waals surface area (Å²) in [7, 11) is 0. The number of hydrogen-bond donors (Lipinski definition) is 1. The Labute approximate surface area is 185 Å². The van der Waals surface area contributed by atoms with Gasteiger partial charge in [-0.25, -0.2) is 0 Å². The molecule has 0 bridgehead atoms. The van der Waals surface area contributed by atoms with Crippen molar-refractivity contribution in [1.29, 1.82) is 0 Å². The summed E-state index contributed by atoms with van der Waals surface area (Å²) in [6, 6.07) is 24.0. The lowest BCUT2D eigenvalue weighted by atomic mass is 10.1. The normalized spacial score (nSPS) is 10.6. The number of aromatic nitrogens is 2. The second-order valence-corrected chi connectivity index (χ2v) is 7.61. The van der Waals surface area contributed by atoms with Gasteiger partial charge < -0.3 is 5.32 Å². The van der Waals surface area contributed by atoms with Crippen molar-refractivity contribution in [2.75, 3.05) is 5.32 Å². The summed E-state index contributed by atoms with van der Waals surface area (Å²) in [5, 5.41) is 8.18. The van der Waals surface area contributed by atoms with Crippen molar-refractivity contribution >= 4 is 29.0 Å². The predicted molar refractivity (Wildman–Crippen MR) is 123 cm³/mol. The Kier molecular flexibility index (Phi) is 5.96. The van der Waals surface area contributed by atoms with E-state index >= 15 is 0 Å². The molecule has 0 fully saturated rings. The van der Waals surface area contributed by atoms with Gasteiger partial charge in [0.1, 0.15) is 5.69 Å². The van der Waals surface area contributed by atoms with Crippen LogP contribution in [0.5, 0.6) is 0 Å². The minimum atomic E-state index is -0.278. The van der Waals surface area contributed by atoms with Crippen LogP contribution < -0.4 is 5.32 Å². The summed E-state index contributed by atoms with van der Waals surface area (Å²) < 4.78 is 1.76. The topological polar surface area (TPSA) is 64.0 Å². The summed E-state index contributed by atoms with van der Waals surface area (Å²) in [6.07, 6.45) is 1.75. The van der Waals surface area contributed by atoms with Crippen LogP contribution in [0.2, 0.25) is 5.02 Å². The highest BCUT2D eigenvalue weighted by molar-refractivity contribution is 6.30. The average Bonchev–Trinajstić information content (AvgIpc) is 3.19. The minimum absolute atomic E-state index is 0.0231. The fourth-order valence-electron chi connectivity index (χ4n) is 3.25. The van der Waals surface area contributed by atoms with Gasteiger partial charge >= 0.3 is 0 Å². The van der Waals surface area contributed by atoms with Crippen molar-refractivity contribution in [3.63, 3.8) is 0 Å². The van der Waals surface area contributed by atoms with Gasteiger partial charge in [0.25, 0.3) is 5.91 Å². The van der Waals surface area contributed by atoms with Gasteiger partial charge in [0.2, 0.25) is 0 Å². The van der Waals surface area contributed by atoms with Gasteiger partial charge in [0.15, 0.2) is 5.78 Å². The molecule has 0 radical (unpaired) electrons. The van der Waals surface area contributed by atoms with Crippen LogP contribution in [0.25, 0.3) is 11.3 Å². The van der Waals surface area contributed by atoms with Crippen molar-refractivity contribution in [3.8, 4) is 11.3 Å². The lowest BCUT2D eigenvalue weighted by molar-refractivity contribution is 0.101. The summed E-state index contributed by atoms with van der Waals surface area (Å²) >= 11 is 6.03. The summed E-state index contributed by atoms with van der Waals surface area (Å²) in [6.45, 7) is 2.05. The molecule has 0 saturated heterocycles. The number of benzene rings is 3. The maximum atomic E-state index is 13.1. The standard InChI is InChI=1S/C25H20ClN3O2/c1-17(30)19-9-13-22(14-10-19)27-25(31)23-16-29(15-18-5-3-2-4-6-18)28-24(23)20-7-11-21(26)12-8-20/h2-14,16H,15H2,1H3,(H,27,31). The van der Waals surface area contributed by atoms with Crippen LogP contribution in [0.3, 0.4) is 0 Å². The van der Waals surface area contributed by atoms with Gasteiger partial charge in [-0.05, 0) is 48.9 Å². The molecule has 6 heteroatoms. The fraction of sp³-hybridized carbons (Fsp3) is 0.0800. The Bertz CT molecular complexity index is 1210. The first-order chi connectivity index (χ1) is 15.0. The SMILES string of the molecule is CC(=O)c1ccc(NC(=O)c2cn(Cc3ccccc3)nc2-c2ccc(Cl)cc2)cc1. The van der Waals surface area contributed by atoms with E-state index in [4.69, 9.17) is 11.6 Å². The number of rotatable bonds is 6. The number of Topliss-reactive ketones (excluding diaryl/α,β-unsaturated/α-hetero) is 1. The molecule has 1 N–H and O–H groups in total. The molecule has 1 heterocycles. The van der Waals surface area contributed by atoms with E-state index in [0.29, 0.717) is 34.1 Å². The Balaban J connectivity index is 1.66. The third-order valence-corrected chi connectivity index (χ3v) is 5.11. The molecule has 0 saturated carbocycles. The van der Waals surface area contributed by atoms with Crippen LogP contribution in [0, 0.1) is 0 Å². The molecule has 4 aromatic rings. The quantitative estimate of drug-likeness (QED) is 0.399. The summed E-state index contributed by atoms with van der Waals surface area (Å²) in [5.41, 5.74) is 4.11. The average molecular weight is 430 g/mol. The van der Waals surface area contributed by atoms with Crippen LogP contribution in [0.15, 0.2) is 85.1 Å². The molecule has 0 unspecified atom stereocenters. The van der Waals surface area contributed by atoms with E-state index in [9.17, 15) is 9.59 Å². The van der Waals surface area contributed by atoms with E-state index in [-0.39, 0.29) is 11.7 Å². The molecular weight excluding hydrogens is 410 g/mol. The minimum Gasteiger partial charge on any atom is -0.322 e. The third-order valence-electron chi connectivity index (χ3n) is 4.86. The molecule has 0 atom stereocenters. The van der Waals surface area contributed by atoms with Crippen molar-refractivity contribution in [2.24, 2.45) is 0 Å². The first kappa shape index (κ1) is 20.6. The summed E-state index contributed by atoms with van der Waals surface area (Å²) in [5.74, 6) is -0.301. The fourth-order valence-corrected chi connectivity index (χ4v) is 3.37. The van der Waals surface area contributed by atoms with E-state index in [1.165, 1.54) is 6.92 Å². The van der Waals surface area contributed by atoms with E-state index in [1.54, 1.807) is 47.3 Å². The second-order valence-electron chi connectivity index (χ2n) is 7.17. The molecule has 0 aliphatic rings. The van der Waals surface area contributed by atoms with Gasteiger partial charge in [0.05, 0.1) is 12.1 Å². The molecule has 31 heavy (non-hydrogen) atoms. The maximum absolute atomic E-state index is 13.1. The van der Waals surface area contributed by atoms with Crippen LogP contribution in [-0.2, 0) is 6.54 Å². The number of hydrogen-bond acceptors (Lipinski definition) is 3. The Morgan fingerprint density at radius 3 is 2.26 bits per heavy atom. The number of halogens is 1. The third kappa shape index (κ3) is 4.90. The van der Waals surface area contributed by atoms with Crippen molar-refractivity contribution in [2.45, 2.75) is 13.5 Å². The van der Waals surface area contributed by atoms with Crippen molar-refractivity contribution in [3.05, 3.63) is 107 Å². The van der Waals surface area contributed by atoms with Crippen LogP contribution in [0.1, 0.15) is 33.2 Å². The smallest absolute Gasteiger partial charge is 0.259 e. The monoisotopic (exact) mass is 429 g/mol. The first-order valence-electron chi connectivity index (χ1n) is 9.79. The largest absolute Gasteiger partial charge is 0.322 e. The lowest BCUT2D eigenvalue weighted by Gasteiger charge is -2.06. The number of anilines is 1. The molecule has 154 valence electrons. The number of nitrogens with zero attached hydrogens (tertiary/aromatic N) is 2. The van der Waals surface area contributed by atoms with Gasteiger partial charge in [-0.15, -0.1) is 0 Å². The highest BCUT2D eigenvalue weighted by atomic mass is 35.5. The maximum Gasteiger partial charge on any atom is 0.259 e. The van der Waals surface area contributed by atoms with Crippen molar-refractivity contribution < 1.29 is 9.59 Å². The van der Waals surface area contributed by atoms with E-state index < -0.39 is 0 Å². The number of carbonyl (C=O) groups is 2. The zero-order valence-electron chi connectivity index (χ0n) is 16.9. The lowest BCUT2D eigenvalue weighted by Crippen LogP contribution is -2.12. The van der Waals surface area contributed by atoms with Crippen LogP contribution in [-0.4, -0.2) is 21.5 Å². The highest BCUT2D eigenvalue weighted by Gasteiger charge is 2.18. The number of carbonyl (C=O) groups excluding carboxylic acids is 2. The highest BCUT2D eigenvalue weighted by Crippen LogP contribution is 2.25. The zero-order valence-corrected chi connectivity index (χ0v) is 17.6. The molecule has 0 spiro atoms. The first-order valence-corrected chi connectivity index (χ1v) is 10.2. The van der Waals surface area contributed by atoms with E-state index in [2.05, 4.69) is 10.4 Å². The number of ketones is 1. The second kappa shape index (κ2) is 8.98. The van der Waals surface area contributed by atoms with Crippen molar-refractivity contribution in [1.82, 2.24) is 9.78 Å². The molecule has 3 aromatic carbocycles. The van der Waals surface area contributed by atoms with Gasteiger partial charge in [-0.3, -0.25) is 14.3 Å². The molecule has 0 aliphatic heterocycles. The molecule has 1 amide bonds. The number of amides is 1. The Morgan fingerprint density at radius 1 is 0.935 bits per heavy atom. The van der Waals surface area contributed by atoms with E-state index in [1.807, 2.05) is 42.5 Å². The van der Waals surface area contributed by atoms with Crippen LogP contribution >= 0.6 is 11.6 Å². The molecule has 5 nitrogen and oxygen atoms in total. The molecule has 4 rings (SSSR count).